The van der Waals surface area contributed by atoms with Gasteiger partial charge in [-0.05, 0) is 24.0 Å². The van der Waals surface area contributed by atoms with E-state index in [2.05, 4.69) is 15.5 Å². The van der Waals surface area contributed by atoms with Crippen molar-refractivity contribution in [3.8, 4) is 6.07 Å². The maximum Gasteiger partial charge on any atom is 0.252 e. The number of benzene rings is 1. The van der Waals surface area contributed by atoms with Gasteiger partial charge in [0.05, 0.1) is 6.21 Å². The molecule has 0 spiro atoms. The molecule has 0 radical (unpaired) electrons. The average Bonchev–Trinajstić information content (AvgIpc) is 2.91. The summed E-state index contributed by atoms with van der Waals surface area (Å²) in [5.41, 5.74) is 3.91. The van der Waals surface area contributed by atoms with Crippen LogP contribution >= 0.6 is 11.8 Å². The fourth-order valence-electron chi connectivity index (χ4n) is 1.59. The van der Waals surface area contributed by atoms with Crippen LogP contribution in [0.3, 0.4) is 0 Å². The van der Waals surface area contributed by atoms with Gasteiger partial charge in [-0.25, -0.2) is 10.4 Å². The summed E-state index contributed by atoms with van der Waals surface area (Å²) in [6.45, 7) is 3.90. The highest BCUT2D eigenvalue weighted by Gasteiger charge is 2.14. The van der Waals surface area contributed by atoms with Crippen molar-refractivity contribution in [2.45, 2.75) is 24.7 Å². The third-order valence-electron chi connectivity index (χ3n) is 2.74. The zero-order chi connectivity index (χ0) is 15.2. The number of hydrazone groups is 1. The van der Waals surface area contributed by atoms with E-state index in [1.807, 2.05) is 50.4 Å². The number of anilines is 1. The van der Waals surface area contributed by atoms with E-state index in [-0.39, 0.29) is 17.5 Å². The average molecular weight is 300 g/mol. The molecule has 108 valence electrons. The van der Waals surface area contributed by atoms with Crippen molar-refractivity contribution in [2.75, 3.05) is 11.7 Å². The van der Waals surface area contributed by atoms with Gasteiger partial charge in [-0.2, -0.15) is 10.4 Å². The normalized spacial score (nSPS) is 11.0. The second-order valence-corrected chi connectivity index (χ2v) is 5.52. The maximum absolute atomic E-state index is 9.02. The van der Waals surface area contributed by atoms with Crippen LogP contribution < -0.4 is 5.43 Å². The maximum atomic E-state index is 9.02. The van der Waals surface area contributed by atoms with E-state index in [1.54, 1.807) is 18.0 Å². The molecule has 6 heteroatoms. The topological polar surface area (TPSA) is 74.2 Å². The first-order chi connectivity index (χ1) is 10.1. The molecule has 0 fully saturated rings. The number of hydrogen-bond donors (Lipinski definition) is 1. The molecule has 1 heterocycles. The first-order valence-electron chi connectivity index (χ1n) is 6.48. The molecule has 0 atom stereocenters. The molecule has 0 saturated heterocycles. The number of oxazole rings is 1. The number of nitrogens with one attached hydrogen (secondary N) is 1. The lowest BCUT2D eigenvalue weighted by molar-refractivity contribution is 0.481. The van der Waals surface area contributed by atoms with Crippen molar-refractivity contribution in [1.82, 2.24) is 4.98 Å². The predicted octanol–water partition coefficient (Wildman–Crippen LogP) is 3.84. The zero-order valence-corrected chi connectivity index (χ0v) is 12.9. The quantitative estimate of drug-likeness (QED) is 0.516. The predicted molar refractivity (Wildman–Crippen MR) is 84.7 cm³/mol. The number of hydrogen-bond acceptors (Lipinski definition) is 6. The fourth-order valence-corrected chi connectivity index (χ4v) is 2.00. The third-order valence-corrected chi connectivity index (χ3v) is 3.48. The van der Waals surface area contributed by atoms with Crippen molar-refractivity contribution in [3.63, 3.8) is 0 Å². The Morgan fingerprint density at radius 1 is 1.38 bits per heavy atom. The van der Waals surface area contributed by atoms with Gasteiger partial charge in [0.2, 0.25) is 11.6 Å². The highest BCUT2D eigenvalue weighted by Crippen LogP contribution is 2.22. The lowest BCUT2D eigenvalue weighted by atomic mass is 10.2. The summed E-state index contributed by atoms with van der Waals surface area (Å²) in [4.78, 5) is 5.31. The van der Waals surface area contributed by atoms with Crippen LogP contribution in [0.15, 0.2) is 38.7 Å². The Morgan fingerprint density at radius 3 is 2.67 bits per heavy atom. The van der Waals surface area contributed by atoms with Crippen molar-refractivity contribution in [1.29, 1.82) is 5.26 Å². The molecule has 0 saturated carbocycles. The summed E-state index contributed by atoms with van der Waals surface area (Å²) in [5, 5.41) is 13.1. The van der Waals surface area contributed by atoms with Gasteiger partial charge in [-0.3, -0.25) is 0 Å². The molecule has 0 aliphatic rings. The summed E-state index contributed by atoms with van der Waals surface area (Å²) in [5.74, 6) is 0.919. The lowest BCUT2D eigenvalue weighted by Crippen LogP contribution is -1.91. The van der Waals surface area contributed by atoms with Gasteiger partial charge in [0.1, 0.15) is 6.07 Å². The minimum atomic E-state index is 0.121. The molecular weight excluding hydrogens is 284 g/mol. The van der Waals surface area contributed by atoms with E-state index in [9.17, 15) is 0 Å². The lowest BCUT2D eigenvalue weighted by Gasteiger charge is -1.98. The fraction of sp³-hybridized carbons (Fsp3) is 0.267. The van der Waals surface area contributed by atoms with Crippen LogP contribution in [0, 0.1) is 11.3 Å². The second-order valence-electron chi connectivity index (χ2n) is 4.64. The summed E-state index contributed by atoms with van der Waals surface area (Å²) >= 11 is 1.69. The van der Waals surface area contributed by atoms with Crippen LogP contribution in [0.1, 0.15) is 36.9 Å². The molecule has 1 N–H and O–H groups in total. The van der Waals surface area contributed by atoms with Gasteiger partial charge >= 0.3 is 0 Å². The standard InChI is InChI=1S/C15H16N4OS/c1-10(2)14-18-13(8-16)15(20-14)19-17-9-11-4-6-12(21-3)7-5-11/h4-7,9-10,19H,1-3H3/b17-9-. The monoisotopic (exact) mass is 300 g/mol. The van der Waals surface area contributed by atoms with E-state index in [0.29, 0.717) is 5.89 Å². The highest BCUT2D eigenvalue weighted by atomic mass is 32.2. The van der Waals surface area contributed by atoms with E-state index in [4.69, 9.17) is 9.68 Å². The van der Waals surface area contributed by atoms with E-state index in [1.165, 1.54) is 4.90 Å². The zero-order valence-electron chi connectivity index (χ0n) is 12.1. The minimum Gasteiger partial charge on any atom is -0.422 e. The van der Waals surface area contributed by atoms with Crippen LogP contribution in [0.2, 0.25) is 0 Å². The summed E-state index contributed by atoms with van der Waals surface area (Å²) in [7, 11) is 0. The number of aromatic nitrogens is 1. The largest absolute Gasteiger partial charge is 0.422 e. The summed E-state index contributed by atoms with van der Waals surface area (Å²) in [6, 6.07) is 9.99. The van der Waals surface area contributed by atoms with Crippen LogP contribution in [0.25, 0.3) is 0 Å². The Kier molecular flexibility index (Phi) is 5.01. The van der Waals surface area contributed by atoms with Gasteiger partial charge in [0.15, 0.2) is 0 Å². The molecule has 0 amide bonds. The number of nitrogens with zero attached hydrogens (tertiary/aromatic N) is 3. The summed E-state index contributed by atoms with van der Waals surface area (Å²) in [6.07, 6.45) is 3.70. The van der Waals surface area contributed by atoms with Crippen molar-refractivity contribution >= 4 is 23.9 Å². The SMILES string of the molecule is CSc1ccc(/C=N\Nc2oc(C(C)C)nc2C#N)cc1. The van der Waals surface area contributed by atoms with Crippen molar-refractivity contribution < 1.29 is 4.42 Å². The van der Waals surface area contributed by atoms with Crippen molar-refractivity contribution in [2.24, 2.45) is 5.10 Å². The molecule has 0 aliphatic heterocycles. The van der Waals surface area contributed by atoms with Gasteiger partial charge in [-0.1, -0.05) is 26.0 Å². The van der Waals surface area contributed by atoms with Gasteiger partial charge < -0.3 is 4.42 Å². The molecule has 5 nitrogen and oxygen atoms in total. The Morgan fingerprint density at radius 2 is 2.10 bits per heavy atom. The van der Waals surface area contributed by atoms with Gasteiger partial charge in [0, 0.05) is 10.8 Å². The first kappa shape index (κ1) is 15.1. The highest BCUT2D eigenvalue weighted by molar-refractivity contribution is 7.98. The first-order valence-corrected chi connectivity index (χ1v) is 7.70. The molecular formula is C15H16N4OS. The molecule has 2 rings (SSSR count). The van der Waals surface area contributed by atoms with E-state index in [0.717, 1.165) is 5.56 Å². The number of thioether (sulfide) groups is 1. The third kappa shape index (κ3) is 3.86. The van der Waals surface area contributed by atoms with Crippen LogP contribution in [-0.2, 0) is 0 Å². The minimum absolute atomic E-state index is 0.121. The molecule has 0 aliphatic carbocycles. The summed E-state index contributed by atoms with van der Waals surface area (Å²) < 4.78 is 5.48. The Labute approximate surface area is 128 Å². The molecule has 1 aromatic heterocycles. The van der Waals surface area contributed by atoms with Crippen LogP contribution in [-0.4, -0.2) is 17.5 Å². The van der Waals surface area contributed by atoms with Crippen LogP contribution in [0.5, 0.6) is 0 Å². The Hall–Kier alpha value is -2.26. The molecule has 21 heavy (non-hydrogen) atoms. The molecule has 1 aromatic carbocycles. The molecule has 0 bridgehead atoms. The second kappa shape index (κ2) is 6.95. The Bertz CT molecular complexity index is 668. The van der Waals surface area contributed by atoms with Gasteiger partial charge in [-0.15, -0.1) is 11.8 Å². The number of rotatable bonds is 5. The van der Waals surface area contributed by atoms with E-state index >= 15 is 0 Å². The molecule has 2 aromatic rings. The smallest absolute Gasteiger partial charge is 0.252 e. The van der Waals surface area contributed by atoms with Gasteiger partial charge in [0.25, 0.3) is 5.88 Å². The molecule has 0 unspecified atom stereocenters. The van der Waals surface area contributed by atoms with E-state index < -0.39 is 0 Å². The Balaban J connectivity index is 2.08. The van der Waals surface area contributed by atoms with Crippen LogP contribution in [0.4, 0.5) is 5.88 Å². The number of nitriles is 1. The van der Waals surface area contributed by atoms with Crippen molar-refractivity contribution in [3.05, 3.63) is 41.4 Å².